The fraction of sp³-hybridized carbons (Fsp3) is 0.167. The fourth-order valence-electron chi connectivity index (χ4n) is 1.43. The van der Waals surface area contributed by atoms with Crippen LogP contribution in [0.2, 0.25) is 0 Å². The summed E-state index contributed by atoms with van der Waals surface area (Å²) in [5.74, 6) is 1.10. The summed E-state index contributed by atoms with van der Waals surface area (Å²) >= 11 is 0. The highest BCUT2D eigenvalue weighted by molar-refractivity contribution is 5.80. The molecule has 7 heteroatoms. The summed E-state index contributed by atoms with van der Waals surface area (Å²) < 4.78 is 26.1. The standard InChI is InChI=1S/C11H7F2NO2.CH6N2/c12-11(13,6-15)8-2-3-9-7(5-8)1-4-10(16)14-9;1-3-2/h1-6H,(H,14,16);3H,2H2,1H3. The number of aromatic nitrogens is 1. The minimum atomic E-state index is -3.50. The van der Waals surface area contributed by atoms with Crippen LogP contribution in [0, 0.1) is 0 Å². The lowest BCUT2D eigenvalue weighted by molar-refractivity contribution is -0.130. The average molecular weight is 269 g/mol. The van der Waals surface area contributed by atoms with Crippen molar-refractivity contribution in [3.63, 3.8) is 0 Å². The van der Waals surface area contributed by atoms with Crippen molar-refractivity contribution >= 4 is 17.2 Å². The van der Waals surface area contributed by atoms with Gasteiger partial charge >= 0.3 is 5.92 Å². The van der Waals surface area contributed by atoms with Crippen molar-refractivity contribution in [3.8, 4) is 0 Å². The molecule has 0 spiro atoms. The van der Waals surface area contributed by atoms with Gasteiger partial charge in [-0.25, -0.2) is 0 Å². The number of carbonyl (C=O) groups is 1. The Morgan fingerprint density at radius 2 is 1.95 bits per heavy atom. The molecule has 0 fully saturated rings. The van der Waals surface area contributed by atoms with Crippen LogP contribution in [0.4, 0.5) is 8.78 Å². The van der Waals surface area contributed by atoms with Crippen molar-refractivity contribution in [1.29, 1.82) is 0 Å². The first-order valence-electron chi connectivity index (χ1n) is 5.29. The van der Waals surface area contributed by atoms with Crippen LogP contribution in [0.5, 0.6) is 0 Å². The van der Waals surface area contributed by atoms with Crippen LogP contribution in [-0.2, 0) is 10.7 Å². The molecule has 0 unspecified atom stereocenters. The molecule has 0 atom stereocenters. The second kappa shape index (κ2) is 6.17. The molecule has 102 valence electrons. The molecular formula is C12H13F2N3O2. The van der Waals surface area contributed by atoms with Gasteiger partial charge in [-0.15, -0.1) is 0 Å². The Bertz CT molecular complexity index is 626. The summed E-state index contributed by atoms with van der Waals surface area (Å²) in [6, 6.07) is 6.32. The first-order chi connectivity index (χ1) is 8.94. The number of aromatic amines is 1. The number of hydrogen-bond acceptors (Lipinski definition) is 4. The number of nitrogens with one attached hydrogen (secondary N) is 2. The SMILES string of the molecule is CNN.O=CC(F)(F)c1ccc2[nH]c(=O)ccc2c1. The number of carbonyl (C=O) groups excluding carboxylic acids is 1. The molecule has 1 heterocycles. The van der Waals surface area contributed by atoms with Crippen LogP contribution < -0.4 is 16.8 Å². The van der Waals surface area contributed by atoms with Crippen LogP contribution in [-0.4, -0.2) is 18.3 Å². The second-order valence-electron chi connectivity index (χ2n) is 3.65. The number of fused-ring (bicyclic) bond motifs is 1. The third-order valence-corrected chi connectivity index (χ3v) is 2.26. The molecule has 0 saturated heterocycles. The molecule has 4 N–H and O–H groups in total. The highest BCUT2D eigenvalue weighted by atomic mass is 19.3. The van der Waals surface area contributed by atoms with Gasteiger partial charge in [-0.2, -0.15) is 8.78 Å². The van der Waals surface area contributed by atoms with Crippen molar-refractivity contribution in [2.45, 2.75) is 5.92 Å². The molecule has 0 saturated carbocycles. The van der Waals surface area contributed by atoms with Crippen molar-refractivity contribution in [3.05, 3.63) is 46.2 Å². The van der Waals surface area contributed by atoms with E-state index < -0.39 is 12.2 Å². The normalized spacial score (nSPS) is 10.7. The number of nitrogens with two attached hydrogens (primary N) is 1. The first-order valence-corrected chi connectivity index (χ1v) is 5.29. The number of alkyl halides is 2. The van der Waals surface area contributed by atoms with Crippen LogP contribution in [0.3, 0.4) is 0 Å². The monoisotopic (exact) mass is 269 g/mol. The molecule has 0 bridgehead atoms. The number of H-pyrrole nitrogens is 1. The van der Waals surface area contributed by atoms with E-state index in [2.05, 4.69) is 16.3 Å². The second-order valence-corrected chi connectivity index (χ2v) is 3.65. The zero-order valence-electron chi connectivity index (χ0n) is 10.1. The molecule has 0 radical (unpaired) electrons. The van der Waals surface area contributed by atoms with Gasteiger partial charge in [0.25, 0.3) is 0 Å². The third-order valence-electron chi connectivity index (χ3n) is 2.26. The Kier molecular flexibility index (Phi) is 4.85. The van der Waals surface area contributed by atoms with Gasteiger partial charge in [-0.1, -0.05) is 6.07 Å². The van der Waals surface area contributed by atoms with Gasteiger partial charge in [-0.05, 0) is 30.6 Å². The third kappa shape index (κ3) is 3.67. The van der Waals surface area contributed by atoms with Gasteiger partial charge in [-0.3, -0.25) is 20.9 Å². The molecule has 1 aromatic heterocycles. The molecule has 2 aromatic rings. The maximum absolute atomic E-state index is 13.1. The van der Waals surface area contributed by atoms with E-state index in [1.807, 2.05) is 0 Å². The van der Waals surface area contributed by atoms with Crippen molar-refractivity contribution in [1.82, 2.24) is 10.4 Å². The Labute approximate surface area is 107 Å². The number of hydrazine groups is 1. The van der Waals surface area contributed by atoms with E-state index in [9.17, 15) is 18.4 Å². The topological polar surface area (TPSA) is 88.0 Å². The number of rotatable bonds is 2. The molecule has 5 nitrogen and oxygen atoms in total. The van der Waals surface area contributed by atoms with Gasteiger partial charge in [0.05, 0.1) is 0 Å². The molecule has 2 rings (SSSR count). The van der Waals surface area contributed by atoms with E-state index in [1.54, 1.807) is 7.05 Å². The molecule has 0 aliphatic heterocycles. The number of hydrogen-bond donors (Lipinski definition) is 3. The summed E-state index contributed by atoms with van der Waals surface area (Å²) in [5.41, 5.74) is 2.02. The van der Waals surface area contributed by atoms with Crippen molar-refractivity contribution < 1.29 is 13.6 Å². The lowest BCUT2D eigenvalue weighted by Crippen LogP contribution is -2.14. The van der Waals surface area contributed by atoms with Crippen molar-refractivity contribution in [2.75, 3.05) is 7.05 Å². The lowest BCUT2D eigenvalue weighted by atomic mass is 10.1. The van der Waals surface area contributed by atoms with E-state index in [-0.39, 0.29) is 11.1 Å². The molecule has 0 aliphatic rings. The quantitative estimate of drug-likeness (QED) is 0.429. The van der Waals surface area contributed by atoms with Crippen LogP contribution in [0.15, 0.2) is 35.1 Å². The predicted molar refractivity (Wildman–Crippen MR) is 67.8 cm³/mol. The Hall–Kier alpha value is -2.12. The zero-order valence-corrected chi connectivity index (χ0v) is 10.1. The van der Waals surface area contributed by atoms with Crippen molar-refractivity contribution in [2.24, 2.45) is 5.84 Å². The highest BCUT2D eigenvalue weighted by Gasteiger charge is 2.30. The van der Waals surface area contributed by atoms with E-state index in [0.29, 0.717) is 10.9 Å². The smallest absolute Gasteiger partial charge is 0.322 e. The van der Waals surface area contributed by atoms with Crippen LogP contribution >= 0.6 is 0 Å². The van der Waals surface area contributed by atoms with Gasteiger partial charge in [0.2, 0.25) is 5.56 Å². The van der Waals surface area contributed by atoms with Crippen LogP contribution in [0.25, 0.3) is 10.9 Å². The summed E-state index contributed by atoms with van der Waals surface area (Å²) in [6.07, 6.45) is -0.403. The Balaban J connectivity index is 0.000000550. The first kappa shape index (κ1) is 14.9. The highest BCUT2D eigenvalue weighted by Crippen LogP contribution is 2.27. The summed E-state index contributed by atoms with van der Waals surface area (Å²) in [6.45, 7) is 0. The largest absolute Gasteiger partial charge is 0.327 e. The maximum atomic E-state index is 13.1. The molecular weight excluding hydrogens is 256 g/mol. The number of benzene rings is 1. The molecule has 0 amide bonds. The van der Waals surface area contributed by atoms with E-state index in [0.717, 1.165) is 6.07 Å². The summed E-state index contributed by atoms with van der Waals surface area (Å²) in [4.78, 5) is 23.7. The molecule has 19 heavy (non-hydrogen) atoms. The molecule has 1 aromatic carbocycles. The number of halogens is 2. The summed E-state index contributed by atoms with van der Waals surface area (Å²) in [5, 5.41) is 0.457. The zero-order chi connectivity index (χ0) is 14.5. The lowest BCUT2D eigenvalue weighted by Gasteiger charge is -2.09. The minimum absolute atomic E-state index is 0.303. The van der Waals surface area contributed by atoms with Crippen LogP contribution in [0.1, 0.15) is 5.56 Å². The van der Waals surface area contributed by atoms with Gasteiger partial charge < -0.3 is 4.98 Å². The van der Waals surface area contributed by atoms with E-state index in [1.165, 1.54) is 24.3 Å². The number of aldehydes is 1. The summed E-state index contributed by atoms with van der Waals surface area (Å²) in [7, 11) is 1.65. The van der Waals surface area contributed by atoms with Gasteiger partial charge in [0.1, 0.15) is 0 Å². The van der Waals surface area contributed by atoms with E-state index >= 15 is 0 Å². The Morgan fingerprint density at radius 1 is 1.32 bits per heavy atom. The van der Waals surface area contributed by atoms with E-state index in [4.69, 9.17) is 0 Å². The molecule has 0 aliphatic carbocycles. The van der Waals surface area contributed by atoms with Gasteiger partial charge in [0.15, 0.2) is 6.29 Å². The Morgan fingerprint density at radius 3 is 2.53 bits per heavy atom. The van der Waals surface area contributed by atoms with Gasteiger partial charge in [0, 0.05) is 17.1 Å². The maximum Gasteiger partial charge on any atom is 0.327 e. The predicted octanol–water partition coefficient (Wildman–Crippen LogP) is 0.898. The fourth-order valence-corrected chi connectivity index (χ4v) is 1.43. The number of pyridine rings is 1. The average Bonchev–Trinajstić information content (AvgIpc) is 2.39. The minimum Gasteiger partial charge on any atom is -0.322 e.